The molecule has 0 aromatic heterocycles. The van der Waals surface area contributed by atoms with Crippen LogP contribution in [0.15, 0.2) is 91.0 Å². The molecule has 1 spiro atoms. The van der Waals surface area contributed by atoms with E-state index >= 15 is 0 Å². The van der Waals surface area contributed by atoms with Crippen molar-refractivity contribution in [2.75, 3.05) is 13.1 Å². The van der Waals surface area contributed by atoms with Gasteiger partial charge in [0.2, 0.25) is 0 Å². The predicted molar refractivity (Wildman–Crippen MR) is 140 cm³/mol. The lowest BCUT2D eigenvalue weighted by Crippen LogP contribution is -2.48. The fourth-order valence-corrected chi connectivity index (χ4v) is 9.15. The molecule has 8 rings (SSSR count). The Morgan fingerprint density at radius 2 is 1.26 bits per heavy atom. The second kappa shape index (κ2) is 8.09. The van der Waals surface area contributed by atoms with E-state index in [0.717, 1.165) is 11.8 Å². The van der Waals surface area contributed by atoms with Crippen molar-refractivity contribution in [3.8, 4) is 0 Å². The molecule has 4 saturated carbocycles. The average molecular weight is 448 g/mol. The molecule has 1 heteroatoms. The van der Waals surface area contributed by atoms with Gasteiger partial charge in [0.25, 0.3) is 0 Å². The Kier molecular flexibility index (Phi) is 4.99. The van der Waals surface area contributed by atoms with Crippen LogP contribution in [0, 0.1) is 17.3 Å². The smallest absolute Gasteiger partial charge is 0.0408 e. The van der Waals surface area contributed by atoms with Crippen molar-refractivity contribution in [3.63, 3.8) is 0 Å². The predicted octanol–water partition coefficient (Wildman–Crippen LogP) is 7.76. The van der Waals surface area contributed by atoms with Crippen molar-refractivity contribution in [1.82, 2.24) is 4.90 Å². The number of hydrogen-bond donors (Lipinski definition) is 0. The molecule has 1 unspecified atom stereocenters. The van der Waals surface area contributed by atoms with Crippen molar-refractivity contribution >= 4 is 0 Å². The number of hydrogen-bond acceptors (Lipinski definition) is 1. The van der Waals surface area contributed by atoms with Gasteiger partial charge in [-0.1, -0.05) is 110 Å². The molecule has 34 heavy (non-hydrogen) atoms. The van der Waals surface area contributed by atoms with E-state index in [9.17, 15) is 0 Å². The quantitative estimate of drug-likeness (QED) is 0.386. The minimum atomic E-state index is 0.303. The van der Waals surface area contributed by atoms with Crippen molar-refractivity contribution < 1.29 is 0 Å². The maximum absolute atomic E-state index is 2.96. The molecule has 3 aromatic carbocycles. The number of nitrogens with zero attached hydrogens (tertiary/aromatic N) is 1. The van der Waals surface area contributed by atoms with Crippen LogP contribution in [-0.4, -0.2) is 18.0 Å². The molecular weight excluding hydrogens is 410 g/mol. The Labute approximate surface area is 205 Å². The molecule has 2 bridgehead atoms. The summed E-state index contributed by atoms with van der Waals surface area (Å²) in [5.74, 6) is 2.26. The summed E-state index contributed by atoms with van der Waals surface area (Å²) in [5.41, 5.74) is 5.43. The highest BCUT2D eigenvalue weighted by atomic mass is 15.2. The molecule has 1 aliphatic heterocycles. The highest BCUT2D eigenvalue weighted by Crippen LogP contribution is 2.82. The Bertz CT molecular complexity index is 1110. The van der Waals surface area contributed by atoms with Crippen molar-refractivity contribution in [2.45, 2.75) is 62.3 Å². The molecule has 0 radical (unpaired) electrons. The third kappa shape index (κ3) is 3.02. The SMILES string of the molecule is c1ccc(C2[C@H]3CN(CC4CCCCC4)[C@H](c4ccccc4)C34CC2(c2ccccc2)C4)cc1. The van der Waals surface area contributed by atoms with Gasteiger partial charge in [-0.05, 0) is 65.5 Å². The highest BCUT2D eigenvalue weighted by Gasteiger charge is 2.77. The third-order valence-corrected chi connectivity index (χ3v) is 10.2. The Morgan fingerprint density at radius 3 is 1.91 bits per heavy atom. The Morgan fingerprint density at radius 1 is 0.676 bits per heavy atom. The minimum absolute atomic E-state index is 0.303. The van der Waals surface area contributed by atoms with Gasteiger partial charge in [0.05, 0.1) is 0 Å². The fraction of sp³-hybridized carbons (Fsp3) is 0.455. The zero-order valence-corrected chi connectivity index (χ0v) is 20.3. The zero-order valence-electron chi connectivity index (χ0n) is 20.3. The summed E-state index contributed by atoms with van der Waals surface area (Å²) < 4.78 is 0. The minimum Gasteiger partial charge on any atom is -0.295 e. The van der Waals surface area contributed by atoms with Crippen LogP contribution in [0.5, 0.6) is 0 Å². The lowest BCUT2D eigenvalue weighted by atomic mass is 9.52. The zero-order chi connectivity index (χ0) is 22.6. The summed E-state index contributed by atoms with van der Waals surface area (Å²) in [5, 5.41) is 0. The number of likely N-dealkylation sites (tertiary alicyclic amines) is 1. The van der Waals surface area contributed by atoms with Gasteiger partial charge in [-0.25, -0.2) is 0 Å². The van der Waals surface area contributed by atoms with Crippen LogP contribution in [0.4, 0.5) is 0 Å². The topological polar surface area (TPSA) is 3.24 Å². The van der Waals surface area contributed by atoms with E-state index in [-0.39, 0.29) is 0 Å². The Balaban J connectivity index is 1.32. The number of benzene rings is 3. The van der Waals surface area contributed by atoms with Crippen LogP contribution in [0.3, 0.4) is 0 Å². The summed E-state index contributed by atoms with van der Waals surface area (Å²) in [6.45, 7) is 2.57. The molecule has 1 heterocycles. The van der Waals surface area contributed by atoms with E-state index in [1.807, 2.05) is 0 Å². The molecular formula is C33H37N. The summed E-state index contributed by atoms with van der Waals surface area (Å²) in [6, 6.07) is 35.2. The van der Waals surface area contributed by atoms with Gasteiger partial charge >= 0.3 is 0 Å². The first-order valence-electron chi connectivity index (χ1n) is 13.7. The second-order valence-corrected chi connectivity index (χ2v) is 11.9. The van der Waals surface area contributed by atoms with Gasteiger partial charge in [0.1, 0.15) is 0 Å². The van der Waals surface area contributed by atoms with E-state index in [1.54, 1.807) is 16.7 Å². The average Bonchev–Trinajstić information content (AvgIpc) is 3.44. The first kappa shape index (κ1) is 20.9. The molecule has 1 nitrogen and oxygen atoms in total. The Hall–Kier alpha value is -2.38. The fourth-order valence-electron chi connectivity index (χ4n) is 9.15. The van der Waals surface area contributed by atoms with E-state index < -0.39 is 0 Å². The number of rotatable bonds is 5. The summed E-state index contributed by atoms with van der Waals surface area (Å²) >= 11 is 0. The van der Waals surface area contributed by atoms with Crippen LogP contribution >= 0.6 is 0 Å². The van der Waals surface area contributed by atoms with Gasteiger partial charge in [0, 0.05) is 24.5 Å². The van der Waals surface area contributed by atoms with E-state index in [2.05, 4.69) is 95.9 Å². The molecule has 5 fully saturated rings. The van der Waals surface area contributed by atoms with Crippen LogP contribution in [-0.2, 0) is 5.41 Å². The van der Waals surface area contributed by atoms with E-state index in [0.29, 0.717) is 22.8 Å². The normalized spacial score (nSPS) is 35.1. The largest absolute Gasteiger partial charge is 0.295 e. The highest BCUT2D eigenvalue weighted by molar-refractivity contribution is 5.48. The van der Waals surface area contributed by atoms with E-state index in [1.165, 1.54) is 58.0 Å². The molecule has 3 atom stereocenters. The van der Waals surface area contributed by atoms with Gasteiger partial charge in [-0.15, -0.1) is 0 Å². The first-order chi connectivity index (χ1) is 16.8. The standard InChI is InChI=1S/C33H37N/c1-5-13-25(14-6-1)21-34-22-29-30(26-15-7-2-8-16-26)32(28-19-11-4-12-20-28)23-33(29,24-32)31(34)27-17-9-3-10-18-27/h2-4,7-12,15-20,25,29-31H,1,5-6,13-14,21-24H2/t29-,30?,31-,32?,33?/m1/s1. The van der Waals surface area contributed by atoms with Crippen molar-refractivity contribution in [2.24, 2.45) is 17.3 Å². The van der Waals surface area contributed by atoms with Crippen LogP contribution in [0.1, 0.15) is 73.6 Å². The van der Waals surface area contributed by atoms with Gasteiger partial charge in [-0.2, -0.15) is 0 Å². The van der Waals surface area contributed by atoms with E-state index in [4.69, 9.17) is 0 Å². The monoisotopic (exact) mass is 447 g/mol. The van der Waals surface area contributed by atoms with Gasteiger partial charge in [-0.3, -0.25) is 4.90 Å². The summed E-state index contributed by atoms with van der Waals surface area (Å²) in [7, 11) is 0. The van der Waals surface area contributed by atoms with Crippen LogP contribution in [0.25, 0.3) is 0 Å². The maximum Gasteiger partial charge on any atom is 0.0408 e. The molecule has 174 valence electrons. The summed E-state index contributed by atoms with van der Waals surface area (Å²) in [6.07, 6.45) is 9.88. The lowest BCUT2D eigenvalue weighted by Gasteiger charge is -2.53. The summed E-state index contributed by atoms with van der Waals surface area (Å²) in [4.78, 5) is 2.96. The van der Waals surface area contributed by atoms with Gasteiger partial charge in [0.15, 0.2) is 0 Å². The molecule has 0 amide bonds. The van der Waals surface area contributed by atoms with Crippen molar-refractivity contribution in [3.05, 3.63) is 108 Å². The molecule has 4 aliphatic carbocycles. The molecule has 5 aliphatic rings. The molecule has 3 aromatic rings. The first-order valence-corrected chi connectivity index (χ1v) is 13.7. The third-order valence-electron chi connectivity index (χ3n) is 10.2. The van der Waals surface area contributed by atoms with Crippen LogP contribution in [0.2, 0.25) is 0 Å². The van der Waals surface area contributed by atoms with Crippen LogP contribution < -0.4 is 0 Å². The molecule has 1 saturated heterocycles. The lowest BCUT2D eigenvalue weighted by molar-refractivity contribution is 0.0254. The molecule has 0 N–H and O–H groups in total. The maximum atomic E-state index is 2.96. The second-order valence-electron chi connectivity index (χ2n) is 11.9. The van der Waals surface area contributed by atoms with Crippen molar-refractivity contribution in [1.29, 1.82) is 0 Å². The van der Waals surface area contributed by atoms with Gasteiger partial charge < -0.3 is 0 Å².